The molecule has 0 saturated heterocycles. The van der Waals surface area contributed by atoms with E-state index < -0.39 is 0 Å². The number of esters is 2. The number of benzene rings is 10. The highest BCUT2D eigenvalue weighted by Crippen LogP contribution is 2.85. The number of fused-ring (bicyclic) bond motifs is 3. The van der Waals surface area contributed by atoms with Gasteiger partial charge in [-0.05, 0) is 188 Å². The molecule has 0 aliphatic heterocycles. The minimum atomic E-state index is -0.260. The van der Waals surface area contributed by atoms with Crippen molar-refractivity contribution in [2.75, 3.05) is 14.2 Å². The molecule has 0 bridgehead atoms. The average Bonchev–Trinajstić information content (AvgIpc) is 3.68. The number of rotatable bonds is 10. The Morgan fingerprint density at radius 1 is 0.412 bits per heavy atom. The van der Waals surface area contributed by atoms with Crippen LogP contribution >= 0.6 is 0 Å². The van der Waals surface area contributed by atoms with Crippen LogP contribution in [0.3, 0.4) is 0 Å². The standard InChI is InChI=1S/C64H38O4/c1-67-39(65)15-9-23-61(27-11-5-3-6-12-27)37-25-33-31-17-18-32-34-26-38-62(24-10-16-40(66)68-2,28-13-7-4-8-14-28)64(38)36-22-20-30-29-19-21-35-47-43(29)49-44(30)48(36)58-56-52(49)55-53-50(45(33)59(57(47)55)63(35,37)61)41(31)42(32)51(54(53)56)46(34)60(58)64/h3-8,11-14,17-22,25-26,37-38H,9-10,15-16,23-24H2,1-2H3. The third-order valence-electron chi connectivity index (χ3n) is 21.0. The molecule has 0 N–H and O–H groups in total. The molecule has 2 spiro atoms. The monoisotopic (exact) mass is 870 g/mol. The molecule has 2 saturated carbocycles. The highest BCUT2D eigenvalue weighted by atomic mass is 16.5. The molecule has 0 amide bonds. The van der Waals surface area contributed by atoms with Gasteiger partial charge in [-0.1, -0.05) is 109 Å². The first-order valence-corrected chi connectivity index (χ1v) is 25.0. The van der Waals surface area contributed by atoms with Crippen molar-refractivity contribution in [1.29, 1.82) is 0 Å². The Hall–Kier alpha value is -7.30. The molecule has 20 rings (SSSR count). The number of methoxy groups -OCH3 is 2. The van der Waals surface area contributed by atoms with Crippen LogP contribution in [0, 0.1) is 11.8 Å². The van der Waals surface area contributed by atoms with Gasteiger partial charge in [0.2, 0.25) is 0 Å². The Bertz CT molecular complexity index is 4570. The molecular formula is C64H38O4. The van der Waals surface area contributed by atoms with Crippen LogP contribution in [-0.2, 0) is 40.7 Å². The first-order chi connectivity index (χ1) is 33.5. The van der Waals surface area contributed by atoms with Crippen LogP contribution in [0.15, 0.2) is 97.1 Å². The number of hydrogen-bond donors (Lipinski definition) is 0. The number of ether oxygens (including phenoxy) is 2. The van der Waals surface area contributed by atoms with Gasteiger partial charge in [-0.2, -0.15) is 0 Å². The van der Waals surface area contributed by atoms with E-state index in [1.54, 1.807) is 11.1 Å². The summed E-state index contributed by atoms with van der Waals surface area (Å²) in [5.74, 6) is 0.228. The third-order valence-corrected chi connectivity index (χ3v) is 21.0. The van der Waals surface area contributed by atoms with E-state index in [1.807, 2.05) is 0 Å². The summed E-state index contributed by atoms with van der Waals surface area (Å²) in [6, 6.07) is 38.1. The van der Waals surface area contributed by atoms with Crippen LogP contribution < -0.4 is 10.4 Å². The molecule has 4 heteroatoms. The van der Waals surface area contributed by atoms with Gasteiger partial charge in [0, 0.05) is 46.3 Å². The van der Waals surface area contributed by atoms with Crippen molar-refractivity contribution >= 4 is 143 Å². The molecule has 6 aliphatic rings. The molecule has 0 radical (unpaired) electrons. The summed E-state index contributed by atoms with van der Waals surface area (Å²) >= 11 is 0. The second-order valence-corrected chi connectivity index (χ2v) is 22.2. The van der Waals surface area contributed by atoms with Gasteiger partial charge in [-0.25, -0.2) is 0 Å². The normalized spacial score (nSPS) is 26.7. The summed E-state index contributed by atoms with van der Waals surface area (Å²) in [7, 11) is 3.05. The minimum Gasteiger partial charge on any atom is -0.469 e. The van der Waals surface area contributed by atoms with Crippen LogP contribution in [0.25, 0.3) is 131 Å². The maximum atomic E-state index is 12.9. The number of hydrogen-bond acceptors (Lipinski definition) is 4. The number of carbonyl (C=O) groups is 2. The van der Waals surface area contributed by atoms with Crippen LogP contribution in [0.4, 0.5) is 0 Å². The van der Waals surface area contributed by atoms with E-state index in [9.17, 15) is 9.59 Å². The van der Waals surface area contributed by atoms with E-state index in [0.29, 0.717) is 12.8 Å². The molecule has 68 heavy (non-hydrogen) atoms. The highest BCUT2D eigenvalue weighted by molar-refractivity contribution is 6.63. The average molecular weight is 871 g/mol. The van der Waals surface area contributed by atoms with Crippen molar-refractivity contribution in [3.8, 4) is 0 Å². The van der Waals surface area contributed by atoms with Crippen molar-refractivity contribution in [2.45, 2.75) is 60.2 Å². The molecule has 0 aromatic heterocycles. The van der Waals surface area contributed by atoms with E-state index in [4.69, 9.17) is 9.47 Å². The molecule has 2 fully saturated rings. The molecule has 6 aliphatic carbocycles. The highest BCUT2D eigenvalue weighted by Gasteiger charge is 2.81. The van der Waals surface area contributed by atoms with Gasteiger partial charge in [-0.15, -0.1) is 0 Å². The summed E-state index contributed by atoms with van der Waals surface area (Å²) < 4.78 is 10.6. The van der Waals surface area contributed by atoms with Crippen molar-refractivity contribution in [1.82, 2.24) is 0 Å². The van der Waals surface area contributed by atoms with E-state index >= 15 is 0 Å². The lowest BCUT2D eigenvalue weighted by Gasteiger charge is -2.27. The zero-order chi connectivity index (χ0) is 44.0. The zero-order valence-electron chi connectivity index (χ0n) is 37.4. The Morgan fingerprint density at radius 2 is 0.779 bits per heavy atom. The van der Waals surface area contributed by atoms with Gasteiger partial charge >= 0.3 is 11.9 Å². The molecule has 6 unspecified atom stereocenters. The zero-order valence-corrected chi connectivity index (χ0v) is 37.4. The lowest BCUT2D eigenvalue weighted by atomic mass is 9.75. The van der Waals surface area contributed by atoms with Crippen molar-refractivity contribution in [3.05, 3.63) is 141 Å². The SMILES string of the molecule is COC(=O)CCCC1(c2ccccc2)C2C=c3c4ccc5c6c7c8c9c%10c(ccc%11c%12ccc%13c%14c%15c(c3c3c4c5c7c4c9c(c%15c34)c(c%12%14)c%11%10)C%1321)C81C(C=6)C1(CCCC(=O)OC)c1ccccc1. The van der Waals surface area contributed by atoms with Crippen molar-refractivity contribution < 1.29 is 19.1 Å². The fourth-order valence-corrected chi connectivity index (χ4v) is 19.5. The van der Waals surface area contributed by atoms with Gasteiger partial charge in [0.25, 0.3) is 0 Å². The predicted molar refractivity (Wildman–Crippen MR) is 273 cm³/mol. The summed E-state index contributed by atoms with van der Waals surface area (Å²) in [6.45, 7) is 0. The van der Waals surface area contributed by atoms with Crippen LogP contribution in [0.2, 0.25) is 0 Å². The van der Waals surface area contributed by atoms with Gasteiger partial charge in [0.1, 0.15) is 0 Å². The van der Waals surface area contributed by atoms with Crippen molar-refractivity contribution in [2.24, 2.45) is 11.8 Å². The molecule has 318 valence electrons. The summed E-state index contributed by atoms with van der Waals surface area (Å²) in [5.41, 5.74) is 7.98. The third kappa shape index (κ3) is 2.73. The fraction of sp³-hybridized carbons (Fsp3) is 0.219. The molecule has 6 atom stereocenters. The van der Waals surface area contributed by atoms with Gasteiger partial charge in [0.05, 0.1) is 14.2 Å². The lowest BCUT2D eigenvalue weighted by molar-refractivity contribution is -0.141. The Balaban J connectivity index is 1.03. The molecule has 14 aromatic rings. The van der Waals surface area contributed by atoms with E-state index in [0.717, 1.165) is 25.7 Å². The summed E-state index contributed by atoms with van der Waals surface area (Å²) in [4.78, 5) is 25.8. The molecular weight excluding hydrogens is 833 g/mol. The Labute approximate surface area is 387 Å². The Kier molecular flexibility index (Phi) is 4.92. The maximum Gasteiger partial charge on any atom is 0.305 e. The second-order valence-electron chi connectivity index (χ2n) is 22.2. The van der Waals surface area contributed by atoms with E-state index in [1.165, 1.54) is 165 Å². The van der Waals surface area contributed by atoms with Gasteiger partial charge in [0.15, 0.2) is 0 Å². The Morgan fingerprint density at radius 3 is 1.21 bits per heavy atom. The largest absolute Gasteiger partial charge is 0.469 e. The van der Waals surface area contributed by atoms with Gasteiger partial charge in [-0.3, -0.25) is 9.59 Å². The van der Waals surface area contributed by atoms with Crippen LogP contribution in [-0.4, -0.2) is 26.2 Å². The molecule has 14 aromatic carbocycles. The fourth-order valence-electron chi connectivity index (χ4n) is 19.5. The first kappa shape index (κ1) is 34.1. The molecule has 4 nitrogen and oxygen atoms in total. The summed E-state index contributed by atoms with van der Waals surface area (Å²) in [6.07, 6.45) is 9.69. The summed E-state index contributed by atoms with van der Waals surface area (Å²) in [5, 5.41) is 35.6. The lowest BCUT2D eigenvalue weighted by Crippen LogP contribution is -2.24. The van der Waals surface area contributed by atoms with E-state index in [2.05, 4.69) is 109 Å². The van der Waals surface area contributed by atoms with Crippen LogP contribution in [0.5, 0.6) is 0 Å². The quantitative estimate of drug-likeness (QED) is 0.101. The topological polar surface area (TPSA) is 52.6 Å². The first-order valence-electron chi connectivity index (χ1n) is 25.0. The maximum absolute atomic E-state index is 12.9. The predicted octanol–water partition coefficient (Wildman–Crippen LogP) is 12.5. The van der Waals surface area contributed by atoms with Gasteiger partial charge < -0.3 is 9.47 Å². The van der Waals surface area contributed by atoms with Crippen molar-refractivity contribution in [3.63, 3.8) is 0 Å². The minimum absolute atomic E-state index is 0.127. The van der Waals surface area contributed by atoms with Crippen LogP contribution in [0.1, 0.15) is 71.9 Å². The number of carbonyl (C=O) groups excluding carboxylic acids is 2. The smallest absolute Gasteiger partial charge is 0.305 e. The van der Waals surface area contributed by atoms with E-state index in [-0.39, 0.29) is 45.4 Å². The molecule has 0 heterocycles. The second kappa shape index (κ2) is 9.82.